The monoisotopic (exact) mass is 384 g/mol. The molecule has 28 heavy (non-hydrogen) atoms. The molecule has 1 aliphatic rings. The quantitative estimate of drug-likeness (QED) is 0.765. The number of aromatic nitrogens is 3. The fraction of sp³-hybridized carbons (Fsp3) is 0.524. The maximum Gasteiger partial charge on any atom is 0.273 e. The Hall–Kier alpha value is -2.70. The van der Waals surface area contributed by atoms with Crippen LogP contribution < -0.4 is 15.6 Å². The zero-order valence-electron chi connectivity index (χ0n) is 16.5. The molecule has 1 aromatic heterocycles. The van der Waals surface area contributed by atoms with Crippen molar-refractivity contribution in [2.75, 3.05) is 0 Å². The summed E-state index contributed by atoms with van der Waals surface area (Å²) in [5.41, 5.74) is 0.687. The predicted molar refractivity (Wildman–Crippen MR) is 107 cm³/mol. The number of hydrogen-bond donors (Lipinski definition) is 2. The lowest BCUT2D eigenvalue weighted by Gasteiger charge is -2.22. The number of aryl methyl sites for hydroxylation is 1. The maximum atomic E-state index is 12.4. The summed E-state index contributed by atoms with van der Waals surface area (Å²) in [7, 11) is 0. The minimum atomic E-state index is -0.314. The fourth-order valence-corrected chi connectivity index (χ4v) is 3.42. The van der Waals surface area contributed by atoms with Gasteiger partial charge in [-0.15, -0.1) is 10.2 Å². The lowest BCUT2D eigenvalue weighted by atomic mass is 9.95. The Kier molecular flexibility index (Phi) is 6.79. The number of amides is 1. The van der Waals surface area contributed by atoms with E-state index >= 15 is 0 Å². The molecule has 3 rings (SSSR count). The van der Waals surface area contributed by atoms with Crippen LogP contribution in [0.2, 0.25) is 0 Å². The summed E-state index contributed by atoms with van der Waals surface area (Å²) in [5.74, 6) is 1.06. The van der Waals surface area contributed by atoms with Gasteiger partial charge in [-0.1, -0.05) is 31.4 Å². The molecule has 0 aliphatic heterocycles. The molecule has 7 heteroatoms. The van der Waals surface area contributed by atoms with Crippen molar-refractivity contribution in [2.24, 2.45) is 0 Å². The highest BCUT2D eigenvalue weighted by atomic mass is 16.5. The second-order valence-electron chi connectivity index (χ2n) is 7.55. The minimum absolute atomic E-state index is 0.0317. The van der Waals surface area contributed by atoms with Gasteiger partial charge in [0, 0.05) is 24.4 Å². The molecule has 1 heterocycles. The Bertz CT molecular complexity index is 857. The molecule has 0 radical (unpaired) electrons. The molecule has 150 valence electrons. The van der Waals surface area contributed by atoms with Crippen molar-refractivity contribution in [3.63, 3.8) is 0 Å². The summed E-state index contributed by atoms with van der Waals surface area (Å²) in [6.45, 7) is 3.90. The standard InChI is InChI=1S/C21H28N4O3/c1-14(2)28-17-10-6-7-15(13-17)20-23-21(27)18(24-25-20)11-12-19(26)22-16-8-4-3-5-9-16/h6-7,10,13-14,16H,3-5,8-9,11-12H2,1-2H3,(H,22,26)(H,23,25,27). The summed E-state index contributed by atoms with van der Waals surface area (Å²) in [6.07, 6.45) is 6.24. The van der Waals surface area contributed by atoms with Gasteiger partial charge in [0.25, 0.3) is 5.56 Å². The molecule has 0 saturated heterocycles. The van der Waals surface area contributed by atoms with Gasteiger partial charge in [-0.05, 0) is 38.8 Å². The highest BCUT2D eigenvalue weighted by Crippen LogP contribution is 2.21. The number of ether oxygens (including phenoxy) is 1. The Morgan fingerprint density at radius 3 is 2.75 bits per heavy atom. The average Bonchev–Trinajstić information content (AvgIpc) is 2.67. The molecule has 1 saturated carbocycles. The number of carbonyl (C=O) groups is 1. The van der Waals surface area contributed by atoms with E-state index in [4.69, 9.17) is 4.74 Å². The van der Waals surface area contributed by atoms with Crippen LogP contribution in [0.1, 0.15) is 58.1 Å². The van der Waals surface area contributed by atoms with Crippen molar-refractivity contribution in [1.29, 1.82) is 0 Å². The summed E-state index contributed by atoms with van der Waals surface area (Å²) in [4.78, 5) is 27.2. The second-order valence-corrected chi connectivity index (χ2v) is 7.55. The van der Waals surface area contributed by atoms with Gasteiger partial charge in [-0.3, -0.25) is 9.59 Å². The van der Waals surface area contributed by atoms with E-state index in [1.807, 2.05) is 38.1 Å². The maximum absolute atomic E-state index is 12.4. The number of benzene rings is 1. The van der Waals surface area contributed by atoms with Crippen molar-refractivity contribution in [1.82, 2.24) is 20.5 Å². The van der Waals surface area contributed by atoms with Gasteiger partial charge in [0.2, 0.25) is 5.91 Å². The van der Waals surface area contributed by atoms with Crippen molar-refractivity contribution in [3.8, 4) is 17.1 Å². The number of hydrogen-bond acceptors (Lipinski definition) is 5. The largest absolute Gasteiger partial charge is 0.491 e. The van der Waals surface area contributed by atoms with E-state index in [9.17, 15) is 9.59 Å². The van der Waals surface area contributed by atoms with Crippen molar-refractivity contribution in [2.45, 2.75) is 70.9 Å². The first-order valence-corrected chi connectivity index (χ1v) is 10.0. The van der Waals surface area contributed by atoms with Crippen LogP contribution in [0.4, 0.5) is 0 Å². The number of rotatable bonds is 7. The minimum Gasteiger partial charge on any atom is -0.491 e. The third-order valence-corrected chi connectivity index (χ3v) is 4.80. The van der Waals surface area contributed by atoms with E-state index in [-0.39, 0.29) is 42.1 Å². The second kappa shape index (κ2) is 9.48. The van der Waals surface area contributed by atoms with Crippen LogP contribution in [0.3, 0.4) is 0 Å². The first kappa shape index (κ1) is 20.0. The summed E-state index contributed by atoms with van der Waals surface area (Å²) >= 11 is 0. The van der Waals surface area contributed by atoms with E-state index in [2.05, 4.69) is 20.5 Å². The van der Waals surface area contributed by atoms with E-state index in [1.54, 1.807) is 0 Å². The van der Waals surface area contributed by atoms with Gasteiger partial charge in [0.05, 0.1) is 6.10 Å². The molecular weight excluding hydrogens is 356 g/mol. The van der Waals surface area contributed by atoms with E-state index in [0.717, 1.165) is 18.4 Å². The van der Waals surface area contributed by atoms with Crippen LogP contribution in [0.15, 0.2) is 29.1 Å². The zero-order valence-corrected chi connectivity index (χ0v) is 16.5. The Balaban J connectivity index is 1.61. The van der Waals surface area contributed by atoms with Gasteiger partial charge in [-0.25, -0.2) is 0 Å². The Morgan fingerprint density at radius 1 is 1.25 bits per heavy atom. The number of carbonyl (C=O) groups excluding carboxylic acids is 1. The van der Waals surface area contributed by atoms with Gasteiger partial charge >= 0.3 is 0 Å². The molecule has 1 aliphatic carbocycles. The van der Waals surface area contributed by atoms with Gasteiger partial charge in [-0.2, -0.15) is 0 Å². The molecular formula is C21H28N4O3. The normalized spacial score (nSPS) is 14.8. The number of aromatic amines is 1. The highest BCUT2D eigenvalue weighted by Gasteiger charge is 2.16. The van der Waals surface area contributed by atoms with Crippen LogP contribution >= 0.6 is 0 Å². The molecule has 0 atom stereocenters. The van der Waals surface area contributed by atoms with Crippen LogP contribution in [0.5, 0.6) is 5.75 Å². The molecule has 0 bridgehead atoms. The van der Waals surface area contributed by atoms with Crippen molar-refractivity contribution >= 4 is 5.91 Å². The zero-order chi connectivity index (χ0) is 19.9. The van der Waals surface area contributed by atoms with Gasteiger partial charge in [0.15, 0.2) is 5.82 Å². The average molecular weight is 384 g/mol. The number of nitrogens with one attached hydrogen (secondary N) is 2. The van der Waals surface area contributed by atoms with Crippen LogP contribution in [-0.4, -0.2) is 33.2 Å². The van der Waals surface area contributed by atoms with Crippen molar-refractivity contribution in [3.05, 3.63) is 40.3 Å². The highest BCUT2D eigenvalue weighted by molar-refractivity contribution is 5.76. The molecule has 1 aromatic carbocycles. The lowest BCUT2D eigenvalue weighted by molar-refractivity contribution is -0.122. The van der Waals surface area contributed by atoms with Crippen LogP contribution in [0, 0.1) is 0 Å². The molecule has 1 amide bonds. The molecule has 2 aromatic rings. The predicted octanol–water partition coefficient (Wildman–Crippen LogP) is 3.00. The summed E-state index contributed by atoms with van der Waals surface area (Å²) in [6, 6.07) is 7.63. The SMILES string of the molecule is CC(C)Oc1cccc(-c2nnc(CCC(=O)NC3CCCCC3)c(=O)[nH]2)c1. The molecule has 7 nitrogen and oxygen atoms in total. The van der Waals surface area contributed by atoms with Crippen molar-refractivity contribution < 1.29 is 9.53 Å². The third-order valence-electron chi connectivity index (χ3n) is 4.80. The summed E-state index contributed by atoms with van der Waals surface area (Å²) < 4.78 is 5.67. The van der Waals surface area contributed by atoms with Crippen LogP contribution in [0.25, 0.3) is 11.4 Å². The molecule has 0 unspecified atom stereocenters. The number of H-pyrrole nitrogens is 1. The Labute approximate surface area is 164 Å². The molecule has 1 fully saturated rings. The smallest absolute Gasteiger partial charge is 0.273 e. The van der Waals surface area contributed by atoms with E-state index < -0.39 is 0 Å². The van der Waals surface area contributed by atoms with E-state index in [1.165, 1.54) is 19.3 Å². The van der Waals surface area contributed by atoms with Gasteiger partial charge < -0.3 is 15.0 Å². The molecule has 0 spiro atoms. The first-order valence-electron chi connectivity index (χ1n) is 10.0. The molecule has 2 N–H and O–H groups in total. The van der Waals surface area contributed by atoms with Gasteiger partial charge in [0.1, 0.15) is 11.4 Å². The third kappa shape index (κ3) is 5.65. The number of nitrogens with zero attached hydrogens (tertiary/aromatic N) is 2. The Morgan fingerprint density at radius 2 is 2.04 bits per heavy atom. The van der Waals surface area contributed by atoms with E-state index in [0.29, 0.717) is 11.6 Å². The summed E-state index contributed by atoms with van der Waals surface area (Å²) in [5, 5.41) is 11.2. The lowest BCUT2D eigenvalue weighted by Crippen LogP contribution is -2.36. The topological polar surface area (TPSA) is 97.0 Å². The first-order chi connectivity index (χ1) is 13.5. The fourth-order valence-electron chi connectivity index (χ4n) is 3.42. The van der Waals surface area contributed by atoms with Crippen LogP contribution in [-0.2, 0) is 11.2 Å².